The van der Waals surface area contributed by atoms with Crippen molar-refractivity contribution in [1.82, 2.24) is 4.72 Å². The Morgan fingerprint density at radius 2 is 2.10 bits per heavy atom. The number of nitrogens with one attached hydrogen (secondary N) is 1. The van der Waals surface area contributed by atoms with E-state index < -0.39 is 16.0 Å². The van der Waals surface area contributed by atoms with Crippen LogP contribution in [-0.2, 0) is 14.8 Å². The molecule has 5 nitrogen and oxygen atoms in total. The maximum Gasteiger partial charge on any atom is 0.304 e. The second kappa shape index (κ2) is 3.52. The van der Waals surface area contributed by atoms with Crippen LogP contribution in [0.2, 0.25) is 0 Å². The van der Waals surface area contributed by atoms with E-state index in [1.165, 1.54) is 0 Å². The van der Waals surface area contributed by atoms with Crippen molar-refractivity contribution in [2.45, 2.75) is 6.42 Å². The molecule has 0 aliphatic carbocycles. The Hall–Kier alpha value is -0.620. The standard InChI is InChI=1S/C4H9NO4S/c1-10(8,9)5-3-2-4(6)7/h5H,2-3H2,1H3,(H,6,7). The number of aliphatic carboxylic acids is 1. The summed E-state index contributed by atoms with van der Waals surface area (Å²) in [6.45, 7) is -0.0475. The van der Waals surface area contributed by atoms with Gasteiger partial charge in [0.15, 0.2) is 0 Å². The summed E-state index contributed by atoms with van der Waals surface area (Å²) >= 11 is 0. The smallest absolute Gasteiger partial charge is 0.304 e. The van der Waals surface area contributed by atoms with E-state index in [0.29, 0.717) is 0 Å². The van der Waals surface area contributed by atoms with E-state index in [1.54, 1.807) is 0 Å². The fourth-order valence-corrected chi connectivity index (χ4v) is 0.816. The van der Waals surface area contributed by atoms with Gasteiger partial charge in [0, 0.05) is 6.54 Å². The van der Waals surface area contributed by atoms with Gasteiger partial charge in [0.05, 0.1) is 12.7 Å². The van der Waals surface area contributed by atoms with Crippen LogP contribution in [0.15, 0.2) is 0 Å². The number of hydrogen-bond acceptors (Lipinski definition) is 3. The summed E-state index contributed by atoms with van der Waals surface area (Å²) in [7, 11) is -3.23. The maximum atomic E-state index is 10.3. The maximum absolute atomic E-state index is 10.3. The molecule has 0 aromatic rings. The molecule has 0 bridgehead atoms. The van der Waals surface area contributed by atoms with Crippen LogP contribution in [0.5, 0.6) is 0 Å². The average Bonchev–Trinajstić information content (AvgIpc) is 1.59. The van der Waals surface area contributed by atoms with Crippen LogP contribution >= 0.6 is 0 Å². The molecule has 0 spiro atoms. The van der Waals surface area contributed by atoms with Gasteiger partial charge in [-0.2, -0.15) is 0 Å². The van der Waals surface area contributed by atoms with Gasteiger partial charge in [-0.1, -0.05) is 0 Å². The Balaban J connectivity index is 3.49. The van der Waals surface area contributed by atoms with E-state index in [1.807, 2.05) is 4.72 Å². The van der Waals surface area contributed by atoms with Crippen LogP contribution in [0, 0.1) is 0 Å². The first-order valence-electron chi connectivity index (χ1n) is 2.58. The van der Waals surface area contributed by atoms with E-state index in [9.17, 15) is 13.2 Å². The number of hydrogen-bond donors (Lipinski definition) is 2. The van der Waals surface area contributed by atoms with Crippen molar-refractivity contribution >= 4 is 16.0 Å². The predicted octanol–water partition coefficient (Wildman–Crippen LogP) is -0.990. The highest BCUT2D eigenvalue weighted by Gasteiger charge is 2.01. The van der Waals surface area contributed by atoms with Crippen molar-refractivity contribution < 1.29 is 18.3 Å². The van der Waals surface area contributed by atoms with Crippen LogP contribution in [0.25, 0.3) is 0 Å². The van der Waals surface area contributed by atoms with Crippen LogP contribution in [0.3, 0.4) is 0 Å². The Kier molecular flexibility index (Phi) is 3.31. The minimum atomic E-state index is -3.23. The molecule has 0 radical (unpaired) electrons. The largest absolute Gasteiger partial charge is 0.481 e. The summed E-state index contributed by atoms with van der Waals surface area (Å²) in [5.41, 5.74) is 0. The molecule has 0 heterocycles. The number of rotatable bonds is 4. The lowest BCUT2D eigenvalue weighted by atomic mass is 10.5. The summed E-state index contributed by atoms with van der Waals surface area (Å²) < 4.78 is 22.7. The molecule has 0 fully saturated rings. The Bertz CT molecular complexity index is 207. The molecule has 10 heavy (non-hydrogen) atoms. The van der Waals surface area contributed by atoms with Crippen molar-refractivity contribution in [1.29, 1.82) is 0 Å². The van der Waals surface area contributed by atoms with Crippen LogP contribution in [0.1, 0.15) is 6.42 Å². The SMILES string of the molecule is CS(=O)(=O)NCCC(=O)O. The van der Waals surface area contributed by atoms with E-state index in [2.05, 4.69) is 0 Å². The molecule has 0 unspecified atom stereocenters. The van der Waals surface area contributed by atoms with Gasteiger partial charge >= 0.3 is 5.97 Å². The molecule has 60 valence electrons. The van der Waals surface area contributed by atoms with Gasteiger partial charge in [-0.15, -0.1) is 0 Å². The highest BCUT2D eigenvalue weighted by molar-refractivity contribution is 7.88. The molecule has 0 aromatic heterocycles. The second-order valence-corrected chi connectivity index (χ2v) is 3.64. The summed E-state index contributed by atoms with van der Waals surface area (Å²) in [5.74, 6) is -1.02. The molecular formula is C4H9NO4S. The van der Waals surface area contributed by atoms with E-state index in [-0.39, 0.29) is 13.0 Å². The Labute approximate surface area is 59.1 Å². The van der Waals surface area contributed by atoms with Gasteiger partial charge in [0.2, 0.25) is 10.0 Å². The normalized spacial score (nSPS) is 11.3. The molecule has 0 atom stereocenters. The van der Waals surface area contributed by atoms with Gasteiger partial charge in [-0.05, 0) is 0 Å². The first kappa shape index (κ1) is 9.38. The highest BCUT2D eigenvalue weighted by atomic mass is 32.2. The van der Waals surface area contributed by atoms with Crippen molar-refractivity contribution in [3.05, 3.63) is 0 Å². The number of carboxylic acids is 1. The first-order chi connectivity index (χ1) is 4.42. The van der Waals surface area contributed by atoms with E-state index in [4.69, 9.17) is 5.11 Å². The van der Waals surface area contributed by atoms with Gasteiger partial charge in [-0.3, -0.25) is 4.79 Å². The third kappa shape index (κ3) is 7.38. The topological polar surface area (TPSA) is 83.5 Å². The lowest BCUT2D eigenvalue weighted by Crippen LogP contribution is -2.24. The first-order valence-corrected chi connectivity index (χ1v) is 4.47. The zero-order valence-electron chi connectivity index (χ0n) is 5.49. The Morgan fingerprint density at radius 3 is 2.40 bits per heavy atom. The van der Waals surface area contributed by atoms with Crippen LogP contribution < -0.4 is 4.72 Å². The van der Waals surface area contributed by atoms with E-state index in [0.717, 1.165) is 6.26 Å². The molecule has 0 amide bonds. The molecule has 0 rings (SSSR count). The third-order valence-electron chi connectivity index (χ3n) is 0.703. The average molecular weight is 167 g/mol. The Morgan fingerprint density at radius 1 is 1.60 bits per heavy atom. The third-order valence-corrected chi connectivity index (χ3v) is 1.43. The lowest BCUT2D eigenvalue weighted by molar-refractivity contribution is -0.136. The predicted molar refractivity (Wildman–Crippen MR) is 35.1 cm³/mol. The molecular weight excluding hydrogens is 158 g/mol. The minimum absolute atomic E-state index is 0.0475. The molecule has 0 saturated carbocycles. The molecule has 0 saturated heterocycles. The molecule has 2 N–H and O–H groups in total. The molecule has 0 aliphatic rings. The summed E-state index contributed by atoms with van der Waals surface area (Å²) in [5, 5.41) is 8.08. The van der Waals surface area contributed by atoms with Gasteiger partial charge in [0.25, 0.3) is 0 Å². The van der Waals surface area contributed by atoms with E-state index >= 15 is 0 Å². The zero-order chi connectivity index (χ0) is 8.20. The number of carboxylic acid groups (broad SMARTS) is 1. The van der Waals surface area contributed by atoms with Crippen molar-refractivity contribution in [2.24, 2.45) is 0 Å². The monoisotopic (exact) mass is 167 g/mol. The summed E-state index contributed by atoms with van der Waals surface area (Å²) in [4.78, 5) is 9.85. The fourth-order valence-electron chi connectivity index (χ4n) is 0.343. The molecule has 6 heteroatoms. The fraction of sp³-hybridized carbons (Fsp3) is 0.750. The summed E-state index contributed by atoms with van der Waals surface area (Å²) in [6.07, 6.45) is 0.794. The summed E-state index contributed by atoms with van der Waals surface area (Å²) in [6, 6.07) is 0. The quantitative estimate of drug-likeness (QED) is 0.563. The lowest BCUT2D eigenvalue weighted by Gasteiger charge is -1.96. The molecule has 0 aliphatic heterocycles. The minimum Gasteiger partial charge on any atom is -0.481 e. The highest BCUT2D eigenvalue weighted by Crippen LogP contribution is 1.78. The van der Waals surface area contributed by atoms with Gasteiger partial charge < -0.3 is 5.11 Å². The van der Waals surface area contributed by atoms with Crippen LogP contribution in [0.4, 0.5) is 0 Å². The van der Waals surface area contributed by atoms with Crippen molar-refractivity contribution in [3.8, 4) is 0 Å². The van der Waals surface area contributed by atoms with Crippen LogP contribution in [-0.4, -0.2) is 32.3 Å². The van der Waals surface area contributed by atoms with Crippen molar-refractivity contribution in [3.63, 3.8) is 0 Å². The van der Waals surface area contributed by atoms with Gasteiger partial charge in [-0.25, -0.2) is 13.1 Å². The number of sulfonamides is 1. The van der Waals surface area contributed by atoms with Gasteiger partial charge in [0.1, 0.15) is 0 Å². The second-order valence-electron chi connectivity index (χ2n) is 1.81. The number of carbonyl (C=O) groups is 1. The zero-order valence-corrected chi connectivity index (χ0v) is 6.31. The molecule has 0 aromatic carbocycles. The van der Waals surface area contributed by atoms with Crippen molar-refractivity contribution in [2.75, 3.05) is 12.8 Å².